The maximum absolute atomic E-state index is 10.9. The third-order valence-corrected chi connectivity index (χ3v) is 1.41. The highest BCUT2D eigenvalue weighted by Crippen LogP contribution is 1.98. The maximum Gasteiger partial charge on any atom is 0.315 e. The van der Waals surface area contributed by atoms with Crippen LogP contribution in [0.3, 0.4) is 0 Å². The van der Waals surface area contributed by atoms with Crippen molar-refractivity contribution in [2.75, 3.05) is 13.2 Å². The van der Waals surface area contributed by atoms with Gasteiger partial charge < -0.3 is 14.6 Å². The molecule has 1 atom stereocenters. The number of ketones is 1. The number of hydrogen-bond donors (Lipinski definition) is 1. The number of aliphatic hydroxyl groups is 1. The molecule has 0 aliphatic heterocycles. The summed E-state index contributed by atoms with van der Waals surface area (Å²) in [6.45, 7) is 5.37. The van der Waals surface area contributed by atoms with Crippen molar-refractivity contribution in [3.63, 3.8) is 0 Å². The fraction of sp³-hybridized carbons (Fsp3) is 0.600. The lowest BCUT2D eigenvalue weighted by Gasteiger charge is -2.11. The molecular weight excluding hydrogens is 200 g/mol. The molecule has 0 saturated carbocycles. The molecule has 0 saturated heterocycles. The summed E-state index contributed by atoms with van der Waals surface area (Å²) in [6, 6.07) is 0. The summed E-state index contributed by atoms with van der Waals surface area (Å²) >= 11 is 0. The molecule has 1 N–H and O–H groups in total. The van der Waals surface area contributed by atoms with Crippen molar-refractivity contribution in [1.82, 2.24) is 0 Å². The average Bonchev–Trinajstić information content (AvgIpc) is 2.10. The molecule has 0 rings (SSSR count). The largest absolute Gasteiger partial charge is 0.436 e. The molecule has 0 aromatic carbocycles. The Hall–Kier alpha value is -1.20. The van der Waals surface area contributed by atoms with Crippen molar-refractivity contribution in [2.45, 2.75) is 26.1 Å². The van der Waals surface area contributed by atoms with Gasteiger partial charge in [-0.3, -0.25) is 9.59 Å². The number of esters is 1. The van der Waals surface area contributed by atoms with Gasteiger partial charge >= 0.3 is 5.97 Å². The van der Waals surface area contributed by atoms with Gasteiger partial charge in [0.05, 0.1) is 13.2 Å². The average molecular weight is 216 g/mol. The molecule has 0 bridgehead atoms. The highest BCUT2D eigenvalue weighted by Gasteiger charge is 2.12. The third kappa shape index (κ3) is 9.11. The van der Waals surface area contributed by atoms with E-state index in [0.717, 1.165) is 0 Å². The van der Waals surface area contributed by atoms with Crippen molar-refractivity contribution >= 4 is 11.8 Å². The van der Waals surface area contributed by atoms with E-state index in [9.17, 15) is 14.7 Å². The zero-order valence-corrected chi connectivity index (χ0v) is 8.77. The highest BCUT2D eigenvalue weighted by atomic mass is 16.6. The Bertz CT molecular complexity index is 224. The van der Waals surface area contributed by atoms with Gasteiger partial charge in [-0.05, 0) is 6.92 Å². The molecule has 0 aromatic heterocycles. The van der Waals surface area contributed by atoms with Crippen LogP contribution in [-0.2, 0) is 19.1 Å². The SMILES string of the molecule is C=CCOCCC(O)OC(=O)CC(C)=O. The summed E-state index contributed by atoms with van der Waals surface area (Å²) in [4.78, 5) is 21.4. The van der Waals surface area contributed by atoms with Gasteiger partial charge in [0, 0.05) is 6.42 Å². The second-order valence-electron chi connectivity index (χ2n) is 2.98. The molecule has 86 valence electrons. The van der Waals surface area contributed by atoms with E-state index in [1.54, 1.807) is 6.08 Å². The molecule has 5 heteroatoms. The van der Waals surface area contributed by atoms with Crippen LogP contribution < -0.4 is 0 Å². The van der Waals surface area contributed by atoms with Gasteiger partial charge in [-0.1, -0.05) is 6.08 Å². The van der Waals surface area contributed by atoms with Crippen LogP contribution in [-0.4, -0.2) is 36.4 Å². The van der Waals surface area contributed by atoms with Gasteiger partial charge in [0.25, 0.3) is 0 Å². The highest BCUT2D eigenvalue weighted by molar-refractivity contribution is 5.94. The number of ether oxygens (including phenoxy) is 2. The lowest BCUT2D eigenvalue weighted by Crippen LogP contribution is -2.20. The van der Waals surface area contributed by atoms with E-state index in [1.807, 2.05) is 0 Å². The number of carbonyl (C=O) groups is 2. The Labute approximate surface area is 88.7 Å². The molecule has 0 fully saturated rings. The molecule has 0 heterocycles. The van der Waals surface area contributed by atoms with E-state index in [4.69, 9.17) is 4.74 Å². The minimum Gasteiger partial charge on any atom is -0.436 e. The Morgan fingerprint density at radius 1 is 1.53 bits per heavy atom. The molecule has 0 aliphatic rings. The molecule has 0 aromatic rings. The summed E-state index contributed by atoms with van der Waals surface area (Å²) in [5.74, 6) is -1.02. The van der Waals surface area contributed by atoms with Crippen LogP contribution in [0.1, 0.15) is 19.8 Å². The van der Waals surface area contributed by atoms with Gasteiger partial charge in [-0.25, -0.2) is 0 Å². The summed E-state index contributed by atoms with van der Waals surface area (Å²) in [7, 11) is 0. The number of aliphatic hydroxyl groups excluding tert-OH is 1. The van der Waals surface area contributed by atoms with Crippen molar-refractivity contribution in [3.05, 3.63) is 12.7 Å². The fourth-order valence-electron chi connectivity index (χ4n) is 0.806. The molecule has 0 radical (unpaired) electrons. The third-order valence-electron chi connectivity index (χ3n) is 1.41. The quantitative estimate of drug-likeness (QED) is 0.209. The standard InChI is InChI=1S/C10H16O5/c1-3-5-14-6-4-9(12)15-10(13)7-8(2)11/h3,9,12H,1,4-7H2,2H3. The molecule has 0 spiro atoms. The smallest absolute Gasteiger partial charge is 0.315 e. The number of hydrogen-bond acceptors (Lipinski definition) is 5. The van der Waals surface area contributed by atoms with Crippen LogP contribution in [0.25, 0.3) is 0 Å². The monoisotopic (exact) mass is 216 g/mol. The summed E-state index contributed by atoms with van der Waals surface area (Å²) in [6.07, 6.45) is 0.220. The van der Waals surface area contributed by atoms with Crippen molar-refractivity contribution in [3.8, 4) is 0 Å². The van der Waals surface area contributed by atoms with E-state index in [0.29, 0.717) is 6.61 Å². The Kier molecular flexibility index (Phi) is 7.49. The summed E-state index contributed by atoms with van der Waals surface area (Å²) < 4.78 is 9.51. The Morgan fingerprint density at radius 3 is 2.73 bits per heavy atom. The van der Waals surface area contributed by atoms with Gasteiger partial charge in [0.2, 0.25) is 6.29 Å². The second kappa shape index (κ2) is 8.14. The predicted octanol–water partition coefficient (Wildman–Crippen LogP) is 0.420. The molecule has 0 amide bonds. The topological polar surface area (TPSA) is 72.8 Å². The molecule has 0 aliphatic carbocycles. The summed E-state index contributed by atoms with van der Waals surface area (Å²) in [5.41, 5.74) is 0. The normalized spacial score (nSPS) is 11.9. The second-order valence-corrected chi connectivity index (χ2v) is 2.98. The van der Waals surface area contributed by atoms with Crippen LogP contribution in [0.4, 0.5) is 0 Å². The van der Waals surface area contributed by atoms with E-state index in [-0.39, 0.29) is 25.2 Å². The van der Waals surface area contributed by atoms with Crippen molar-refractivity contribution in [2.24, 2.45) is 0 Å². The van der Waals surface area contributed by atoms with Crippen LogP contribution >= 0.6 is 0 Å². The minimum absolute atomic E-state index is 0.178. The summed E-state index contributed by atoms with van der Waals surface area (Å²) in [5, 5.41) is 9.17. The molecular formula is C10H16O5. The molecule has 15 heavy (non-hydrogen) atoms. The lowest BCUT2D eigenvalue weighted by molar-refractivity contribution is -0.170. The lowest BCUT2D eigenvalue weighted by atomic mass is 10.3. The van der Waals surface area contributed by atoms with E-state index >= 15 is 0 Å². The first-order valence-electron chi connectivity index (χ1n) is 4.62. The maximum atomic E-state index is 10.9. The zero-order valence-electron chi connectivity index (χ0n) is 8.77. The van der Waals surface area contributed by atoms with Crippen molar-refractivity contribution in [1.29, 1.82) is 0 Å². The van der Waals surface area contributed by atoms with Crippen LogP contribution in [0.5, 0.6) is 0 Å². The first kappa shape index (κ1) is 13.8. The zero-order chi connectivity index (χ0) is 11.7. The minimum atomic E-state index is -1.22. The predicted molar refractivity (Wildman–Crippen MR) is 53.0 cm³/mol. The van der Waals surface area contributed by atoms with Gasteiger partial charge in [0.15, 0.2) is 0 Å². The number of carbonyl (C=O) groups excluding carboxylic acids is 2. The van der Waals surface area contributed by atoms with E-state index in [1.165, 1.54) is 6.92 Å². The van der Waals surface area contributed by atoms with Gasteiger partial charge in [-0.2, -0.15) is 0 Å². The van der Waals surface area contributed by atoms with Crippen LogP contribution in [0, 0.1) is 0 Å². The van der Waals surface area contributed by atoms with E-state index < -0.39 is 12.3 Å². The first-order chi connectivity index (χ1) is 7.06. The van der Waals surface area contributed by atoms with Crippen LogP contribution in [0.15, 0.2) is 12.7 Å². The molecule has 1 unspecified atom stereocenters. The van der Waals surface area contributed by atoms with Gasteiger partial charge in [0.1, 0.15) is 12.2 Å². The first-order valence-corrected chi connectivity index (χ1v) is 4.62. The fourth-order valence-corrected chi connectivity index (χ4v) is 0.806. The van der Waals surface area contributed by atoms with Crippen LogP contribution in [0.2, 0.25) is 0 Å². The van der Waals surface area contributed by atoms with Gasteiger partial charge in [-0.15, -0.1) is 6.58 Å². The van der Waals surface area contributed by atoms with Crippen molar-refractivity contribution < 1.29 is 24.2 Å². The van der Waals surface area contributed by atoms with E-state index in [2.05, 4.69) is 11.3 Å². The number of Topliss-reactive ketones (excluding diaryl/α,β-unsaturated/α-hetero) is 1. The number of rotatable bonds is 8. The Balaban J connectivity index is 3.54. The molecule has 5 nitrogen and oxygen atoms in total. The Morgan fingerprint density at radius 2 is 2.20 bits per heavy atom.